The van der Waals surface area contributed by atoms with Crippen molar-refractivity contribution >= 4 is 73.9 Å². The van der Waals surface area contributed by atoms with Gasteiger partial charge < -0.3 is 10.2 Å². The largest absolute Gasteiger partial charge is 0.354 e. The number of rotatable bonds is 13. The lowest BCUT2D eigenvalue weighted by molar-refractivity contribution is -0.140. The third kappa shape index (κ3) is 8.32. The standard InChI is InChI=1S/C30H33Cl4N3O4S/c1-4-6-16-35-30(39)26(5-2)36(18-21-12-15-23(31)25(33)17-21)28(38)19-37(27-9-7-8-24(32)29(27)34)42(40,41)22-13-10-20(3)11-14-22/h7-15,17,26H,4-6,16,18-19H2,1-3H3,(H,35,39)/t26-/m0/s1. The van der Waals surface area contributed by atoms with E-state index in [1.165, 1.54) is 29.2 Å². The highest BCUT2D eigenvalue weighted by molar-refractivity contribution is 7.92. The van der Waals surface area contributed by atoms with E-state index in [4.69, 9.17) is 46.4 Å². The highest BCUT2D eigenvalue weighted by atomic mass is 35.5. The SMILES string of the molecule is CCCCNC(=O)[C@H](CC)N(Cc1ccc(Cl)c(Cl)c1)C(=O)CN(c1cccc(Cl)c1Cl)S(=O)(=O)c1ccc(C)cc1. The molecular weight excluding hydrogens is 640 g/mol. The van der Waals surface area contributed by atoms with Crippen LogP contribution >= 0.6 is 46.4 Å². The first-order chi connectivity index (χ1) is 19.9. The average Bonchev–Trinajstić information content (AvgIpc) is 2.95. The summed E-state index contributed by atoms with van der Waals surface area (Å²) in [6, 6.07) is 14.8. The normalized spacial score (nSPS) is 12.1. The Morgan fingerprint density at radius 1 is 0.905 bits per heavy atom. The van der Waals surface area contributed by atoms with E-state index in [2.05, 4.69) is 5.32 Å². The number of hydrogen-bond donors (Lipinski definition) is 1. The summed E-state index contributed by atoms with van der Waals surface area (Å²) in [5.74, 6) is -0.960. The summed E-state index contributed by atoms with van der Waals surface area (Å²) >= 11 is 25.1. The first-order valence-corrected chi connectivity index (χ1v) is 16.4. The number of nitrogens with zero attached hydrogens (tertiary/aromatic N) is 2. The number of anilines is 1. The second-order valence-electron chi connectivity index (χ2n) is 9.74. The van der Waals surface area contributed by atoms with E-state index in [1.807, 2.05) is 13.8 Å². The number of nitrogens with one attached hydrogen (secondary N) is 1. The highest BCUT2D eigenvalue weighted by Gasteiger charge is 2.34. The van der Waals surface area contributed by atoms with E-state index < -0.39 is 28.5 Å². The summed E-state index contributed by atoms with van der Waals surface area (Å²) in [6.07, 6.45) is 1.95. The lowest BCUT2D eigenvalue weighted by atomic mass is 10.1. The Kier molecular flexibility index (Phi) is 12.4. The molecule has 0 aliphatic rings. The molecule has 2 amide bonds. The Morgan fingerprint density at radius 3 is 2.21 bits per heavy atom. The van der Waals surface area contributed by atoms with E-state index >= 15 is 0 Å². The Labute approximate surface area is 267 Å². The summed E-state index contributed by atoms with van der Waals surface area (Å²) in [4.78, 5) is 28.8. The number of hydrogen-bond acceptors (Lipinski definition) is 4. The van der Waals surface area contributed by atoms with Gasteiger partial charge in [0.1, 0.15) is 12.6 Å². The molecule has 3 aromatic carbocycles. The van der Waals surface area contributed by atoms with Crippen LogP contribution in [0.5, 0.6) is 0 Å². The summed E-state index contributed by atoms with van der Waals surface area (Å²) < 4.78 is 28.9. The van der Waals surface area contributed by atoms with Gasteiger partial charge in [-0.25, -0.2) is 8.42 Å². The molecule has 7 nitrogen and oxygen atoms in total. The van der Waals surface area contributed by atoms with E-state index in [-0.39, 0.29) is 44.5 Å². The van der Waals surface area contributed by atoms with Crippen molar-refractivity contribution in [2.45, 2.75) is 57.5 Å². The van der Waals surface area contributed by atoms with Gasteiger partial charge in [-0.1, -0.05) is 96.5 Å². The number of halogens is 4. The number of unbranched alkanes of at least 4 members (excludes halogenated alkanes) is 1. The molecule has 0 saturated carbocycles. The van der Waals surface area contributed by atoms with Crippen LogP contribution in [0.25, 0.3) is 0 Å². The van der Waals surface area contributed by atoms with Gasteiger partial charge in [0, 0.05) is 13.1 Å². The number of benzene rings is 3. The second kappa shape index (κ2) is 15.3. The lowest BCUT2D eigenvalue weighted by Crippen LogP contribution is -2.52. The molecule has 3 aromatic rings. The predicted octanol–water partition coefficient (Wildman–Crippen LogP) is 7.53. The van der Waals surface area contributed by atoms with Gasteiger partial charge in [-0.15, -0.1) is 0 Å². The molecule has 0 aliphatic heterocycles. The van der Waals surface area contributed by atoms with Crippen LogP contribution < -0.4 is 9.62 Å². The quantitative estimate of drug-likeness (QED) is 0.190. The maximum absolute atomic E-state index is 14.2. The molecule has 0 heterocycles. The zero-order chi connectivity index (χ0) is 31.0. The van der Waals surface area contributed by atoms with Crippen molar-refractivity contribution in [3.8, 4) is 0 Å². The topological polar surface area (TPSA) is 86.8 Å². The van der Waals surface area contributed by atoms with Crippen LogP contribution in [0, 0.1) is 6.92 Å². The molecule has 0 spiro atoms. The Bertz CT molecular complexity index is 1520. The zero-order valence-electron chi connectivity index (χ0n) is 23.5. The van der Waals surface area contributed by atoms with Crippen molar-refractivity contribution < 1.29 is 18.0 Å². The molecule has 0 bridgehead atoms. The van der Waals surface area contributed by atoms with Crippen molar-refractivity contribution in [1.82, 2.24) is 10.2 Å². The molecule has 0 aromatic heterocycles. The Hall–Kier alpha value is -2.49. The van der Waals surface area contributed by atoms with Crippen molar-refractivity contribution in [1.29, 1.82) is 0 Å². The van der Waals surface area contributed by atoms with Crippen LogP contribution in [0.1, 0.15) is 44.2 Å². The van der Waals surface area contributed by atoms with Crippen LogP contribution in [0.15, 0.2) is 65.6 Å². The number of aryl methyl sites for hydroxylation is 1. The zero-order valence-corrected chi connectivity index (χ0v) is 27.4. The Balaban J connectivity index is 2.09. The van der Waals surface area contributed by atoms with Gasteiger partial charge in [-0.2, -0.15) is 0 Å². The number of amides is 2. The van der Waals surface area contributed by atoms with Crippen LogP contribution in [0.4, 0.5) is 5.69 Å². The fourth-order valence-electron chi connectivity index (χ4n) is 4.30. The predicted molar refractivity (Wildman–Crippen MR) is 171 cm³/mol. The summed E-state index contributed by atoms with van der Waals surface area (Å²) in [5, 5.41) is 3.62. The average molecular weight is 673 g/mol. The maximum Gasteiger partial charge on any atom is 0.264 e. The van der Waals surface area contributed by atoms with Gasteiger partial charge in [-0.3, -0.25) is 13.9 Å². The fourth-order valence-corrected chi connectivity index (χ4v) is 6.49. The van der Waals surface area contributed by atoms with Gasteiger partial charge in [0.25, 0.3) is 10.0 Å². The van der Waals surface area contributed by atoms with Crippen LogP contribution in [0.3, 0.4) is 0 Å². The fraction of sp³-hybridized carbons (Fsp3) is 0.333. The van der Waals surface area contributed by atoms with Gasteiger partial charge in [0.15, 0.2) is 0 Å². The summed E-state index contributed by atoms with van der Waals surface area (Å²) in [6.45, 7) is 5.42. The van der Waals surface area contributed by atoms with Gasteiger partial charge in [-0.05, 0) is 61.7 Å². The van der Waals surface area contributed by atoms with Crippen LogP contribution in [-0.2, 0) is 26.2 Å². The second-order valence-corrected chi connectivity index (χ2v) is 13.2. The minimum atomic E-state index is -4.29. The first-order valence-electron chi connectivity index (χ1n) is 13.4. The smallest absolute Gasteiger partial charge is 0.264 e. The highest BCUT2D eigenvalue weighted by Crippen LogP contribution is 2.36. The summed E-state index contributed by atoms with van der Waals surface area (Å²) in [5.41, 5.74) is 1.52. The molecule has 12 heteroatoms. The third-order valence-corrected chi connectivity index (χ3v) is 9.96. The molecule has 42 heavy (non-hydrogen) atoms. The molecule has 1 atom stereocenters. The van der Waals surface area contributed by atoms with E-state index in [1.54, 1.807) is 43.3 Å². The minimum absolute atomic E-state index is 0.0167. The molecule has 226 valence electrons. The van der Waals surface area contributed by atoms with E-state index in [0.29, 0.717) is 17.1 Å². The Morgan fingerprint density at radius 2 is 1.60 bits per heavy atom. The van der Waals surface area contributed by atoms with Crippen molar-refractivity contribution in [3.63, 3.8) is 0 Å². The molecule has 3 rings (SSSR count). The van der Waals surface area contributed by atoms with Crippen LogP contribution in [-0.4, -0.2) is 44.3 Å². The van der Waals surface area contributed by atoms with Crippen molar-refractivity contribution in [3.05, 3.63) is 91.9 Å². The van der Waals surface area contributed by atoms with E-state index in [0.717, 1.165) is 22.7 Å². The minimum Gasteiger partial charge on any atom is -0.354 e. The molecule has 0 radical (unpaired) electrons. The van der Waals surface area contributed by atoms with Gasteiger partial charge >= 0.3 is 0 Å². The number of carbonyl (C=O) groups excluding carboxylic acids is 2. The molecule has 0 fully saturated rings. The van der Waals surface area contributed by atoms with Crippen LogP contribution in [0.2, 0.25) is 20.1 Å². The first kappa shape index (κ1) is 34.0. The lowest BCUT2D eigenvalue weighted by Gasteiger charge is -2.33. The monoisotopic (exact) mass is 671 g/mol. The number of sulfonamides is 1. The molecule has 0 saturated heterocycles. The van der Waals surface area contributed by atoms with Crippen molar-refractivity contribution in [2.24, 2.45) is 0 Å². The molecule has 1 N–H and O–H groups in total. The summed E-state index contributed by atoms with van der Waals surface area (Å²) in [7, 11) is -4.29. The molecular formula is C30H33Cl4N3O4S. The van der Waals surface area contributed by atoms with E-state index in [9.17, 15) is 18.0 Å². The molecule has 0 aliphatic carbocycles. The number of carbonyl (C=O) groups is 2. The van der Waals surface area contributed by atoms with Crippen molar-refractivity contribution in [2.75, 3.05) is 17.4 Å². The molecule has 0 unspecified atom stereocenters. The van der Waals surface area contributed by atoms with Gasteiger partial charge in [0.05, 0.1) is 30.7 Å². The maximum atomic E-state index is 14.2. The van der Waals surface area contributed by atoms with Gasteiger partial charge in [0.2, 0.25) is 11.8 Å². The third-order valence-electron chi connectivity index (χ3n) is 6.64.